The minimum atomic E-state index is 0.0777. The maximum absolute atomic E-state index is 12.0. The van der Waals surface area contributed by atoms with Gasteiger partial charge in [0, 0.05) is 18.7 Å². The van der Waals surface area contributed by atoms with Gasteiger partial charge in [0.2, 0.25) is 5.91 Å². The maximum atomic E-state index is 12.0. The fourth-order valence-electron chi connectivity index (χ4n) is 2.40. The van der Waals surface area contributed by atoms with Crippen LogP contribution in [0.4, 0.5) is 5.69 Å². The maximum Gasteiger partial charge on any atom is 0.226 e. The van der Waals surface area contributed by atoms with Crippen LogP contribution in [0.25, 0.3) is 0 Å². The largest absolute Gasteiger partial charge is 0.312 e. The van der Waals surface area contributed by atoms with Gasteiger partial charge in [-0.2, -0.15) is 0 Å². The Morgan fingerprint density at radius 2 is 1.82 bits per heavy atom. The van der Waals surface area contributed by atoms with Crippen LogP contribution in [-0.2, 0) is 10.2 Å². The normalized spacial score (nSPS) is 17.4. The average Bonchev–Trinajstić information content (AvgIpc) is 2.28. The molecular weight excluding hydrogens is 210 g/mol. The van der Waals surface area contributed by atoms with E-state index in [4.69, 9.17) is 0 Å². The number of nitrogens with zero attached hydrogens (tertiary/aromatic N) is 1. The van der Waals surface area contributed by atoms with Gasteiger partial charge in [0.25, 0.3) is 0 Å². The second kappa shape index (κ2) is 4.52. The first-order chi connectivity index (χ1) is 8.00. The molecule has 0 unspecified atom stereocenters. The SMILES string of the molecule is CC(C)(C)c1ccccc1N1CCCCC1=O. The zero-order valence-corrected chi connectivity index (χ0v) is 11.0. The van der Waals surface area contributed by atoms with Crippen molar-refractivity contribution in [3.8, 4) is 0 Å². The predicted molar refractivity (Wildman–Crippen MR) is 71.3 cm³/mol. The molecule has 0 radical (unpaired) electrons. The van der Waals surface area contributed by atoms with Crippen molar-refractivity contribution >= 4 is 11.6 Å². The van der Waals surface area contributed by atoms with Crippen molar-refractivity contribution in [3.05, 3.63) is 29.8 Å². The number of benzene rings is 1. The monoisotopic (exact) mass is 231 g/mol. The fourth-order valence-corrected chi connectivity index (χ4v) is 2.40. The fraction of sp³-hybridized carbons (Fsp3) is 0.533. The Labute approximate surface area is 104 Å². The smallest absolute Gasteiger partial charge is 0.226 e. The van der Waals surface area contributed by atoms with Crippen molar-refractivity contribution in [2.45, 2.75) is 45.4 Å². The minimum absolute atomic E-state index is 0.0777. The molecule has 0 aliphatic carbocycles. The minimum Gasteiger partial charge on any atom is -0.312 e. The van der Waals surface area contributed by atoms with Crippen LogP contribution in [0.15, 0.2) is 24.3 Å². The highest BCUT2D eigenvalue weighted by atomic mass is 16.2. The van der Waals surface area contributed by atoms with E-state index >= 15 is 0 Å². The first-order valence-electron chi connectivity index (χ1n) is 6.40. The Hall–Kier alpha value is -1.31. The Morgan fingerprint density at radius 1 is 1.12 bits per heavy atom. The first kappa shape index (κ1) is 12.2. The third-order valence-electron chi connectivity index (χ3n) is 3.33. The first-order valence-corrected chi connectivity index (χ1v) is 6.40. The molecule has 1 fully saturated rings. The molecule has 1 heterocycles. The topological polar surface area (TPSA) is 20.3 Å². The highest BCUT2D eigenvalue weighted by Gasteiger charge is 2.25. The summed E-state index contributed by atoms with van der Waals surface area (Å²) < 4.78 is 0. The van der Waals surface area contributed by atoms with Crippen molar-refractivity contribution < 1.29 is 4.79 Å². The number of rotatable bonds is 1. The summed E-state index contributed by atoms with van der Waals surface area (Å²) in [6, 6.07) is 8.28. The number of hydrogen-bond donors (Lipinski definition) is 0. The van der Waals surface area contributed by atoms with Gasteiger partial charge in [0.1, 0.15) is 0 Å². The molecule has 1 aliphatic heterocycles. The lowest BCUT2D eigenvalue weighted by Gasteiger charge is -2.32. The molecule has 1 aromatic carbocycles. The van der Waals surface area contributed by atoms with Crippen LogP contribution in [0, 0.1) is 0 Å². The zero-order valence-electron chi connectivity index (χ0n) is 11.0. The molecule has 0 bridgehead atoms. The lowest BCUT2D eigenvalue weighted by molar-refractivity contribution is -0.119. The van der Waals surface area contributed by atoms with Gasteiger partial charge in [-0.25, -0.2) is 0 Å². The van der Waals surface area contributed by atoms with Crippen LogP contribution >= 0.6 is 0 Å². The molecule has 0 atom stereocenters. The number of hydrogen-bond acceptors (Lipinski definition) is 1. The number of para-hydroxylation sites is 1. The average molecular weight is 231 g/mol. The van der Waals surface area contributed by atoms with Crippen LogP contribution in [-0.4, -0.2) is 12.5 Å². The van der Waals surface area contributed by atoms with Gasteiger partial charge >= 0.3 is 0 Å². The van der Waals surface area contributed by atoms with Crippen molar-refractivity contribution in [2.75, 3.05) is 11.4 Å². The van der Waals surface area contributed by atoms with Gasteiger partial charge in [-0.3, -0.25) is 4.79 Å². The van der Waals surface area contributed by atoms with E-state index in [0.29, 0.717) is 6.42 Å². The van der Waals surface area contributed by atoms with Gasteiger partial charge in [-0.15, -0.1) is 0 Å². The predicted octanol–water partition coefficient (Wildman–Crippen LogP) is 3.50. The van der Waals surface area contributed by atoms with Crippen molar-refractivity contribution in [2.24, 2.45) is 0 Å². The standard InChI is InChI=1S/C15H21NO/c1-15(2,3)12-8-4-5-9-13(12)16-11-7-6-10-14(16)17/h4-5,8-9H,6-7,10-11H2,1-3H3. The van der Waals surface area contributed by atoms with Gasteiger partial charge in [-0.05, 0) is 29.9 Å². The van der Waals surface area contributed by atoms with E-state index in [1.165, 1.54) is 5.56 Å². The van der Waals surface area contributed by atoms with E-state index in [1.807, 2.05) is 11.0 Å². The summed E-state index contributed by atoms with van der Waals surface area (Å²) in [5.74, 6) is 0.271. The molecule has 1 aliphatic rings. The number of piperidine rings is 1. The second-order valence-corrected chi connectivity index (χ2v) is 5.77. The molecular formula is C15H21NO. The summed E-state index contributed by atoms with van der Waals surface area (Å²) in [6.45, 7) is 7.45. The van der Waals surface area contributed by atoms with Crippen LogP contribution in [0.3, 0.4) is 0 Å². The Morgan fingerprint density at radius 3 is 2.47 bits per heavy atom. The number of amides is 1. The summed E-state index contributed by atoms with van der Waals surface area (Å²) in [5.41, 5.74) is 2.44. The molecule has 0 N–H and O–H groups in total. The van der Waals surface area contributed by atoms with Gasteiger partial charge in [-0.1, -0.05) is 39.0 Å². The number of anilines is 1. The molecule has 92 valence electrons. The molecule has 1 aromatic rings. The van der Waals surface area contributed by atoms with E-state index in [0.717, 1.165) is 25.1 Å². The Kier molecular flexibility index (Phi) is 3.23. The highest BCUT2D eigenvalue weighted by molar-refractivity contribution is 5.94. The van der Waals surface area contributed by atoms with Crippen molar-refractivity contribution in [1.29, 1.82) is 0 Å². The van der Waals surface area contributed by atoms with E-state index in [2.05, 4.69) is 39.0 Å². The molecule has 0 spiro atoms. The summed E-state index contributed by atoms with van der Waals surface area (Å²) >= 11 is 0. The summed E-state index contributed by atoms with van der Waals surface area (Å²) in [4.78, 5) is 14.0. The van der Waals surface area contributed by atoms with E-state index in [9.17, 15) is 4.79 Å². The quantitative estimate of drug-likeness (QED) is 0.724. The number of carbonyl (C=O) groups is 1. The van der Waals surface area contributed by atoms with Gasteiger partial charge in [0.15, 0.2) is 0 Å². The third kappa shape index (κ3) is 2.51. The molecule has 2 rings (SSSR count). The van der Waals surface area contributed by atoms with Crippen LogP contribution in [0.5, 0.6) is 0 Å². The Balaban J connectivity index is 2.41. The molecule has 2 nitrogen and oxygen atoms in total. The molecule has 17 heavy (non-hydrogen) atoms. The van der Waals surface area contributed by atoms with E-state index in [1.54, 1.807) is 0 Å². The van der Waals surface area contributed by atoms with Gasteiger partial charge in [0.05, 0.1) is 0 Å². The van der Waals surface area contributed by atoms with E-state index in [-0.39, 0.29) is 11.3 Å². The number of carbonyl (C=O) groups excluding carboxylic acids is 1. The van der Waals surface area contributed by atoms with Crippen LogP contribution < -0.4 is 4.90 Å². The Bertz CT molecular complexity index is 417. The lowest BCUT2D eigenvalue weighted by Crippen LogP contribution is -2.36. The summed E-state index contributed by atoms with van der Waals surface area (Å²) in [5, 5.41) is 0. The van der Waals surface area contributed by atoms with Crippen LogP contribution in [0.1, 0.15) is 45.6 Å². The van der Waals surface area contributed by atoms with Gasteiger partial charge < -0.3 is 4.90 Å². The van der Waals surface area contributed by atoms with E-state index < -0.39 is 0 Å². The third-order valence-corrected chi connectivity index (χ3v) is 3.33. The molecule has 0 saturated carbocycles. The molecule has 1 saturated heterocycles. The summed E-state index contributed by atoms with van der Waals surface area (Å²) in [7, 11) is 0. The molecule has 0 aromatic heterocycles. The highest BCUT2D eigenvalue weighted by Crippen LogP contribution is 2.33. The van der Waals surface area contributed by atoms with Crippen molar-refractivity contribution in [1.82, 2.24) is 0 Å². The molecule has 2 heteroatoms. The zero-order chi connectivity index (χ0) is 12.5. The second-order valence-electron chi connectivity index (χ2n) is 5.77. The lowest BCUT2D eigenvalue weighted by atomic mass is 9.85. The van der Waals surface area contributed by atoms with Crippen LogP contribution in [0.2, 0.25) is 0 Å². The molecule has 1 amide bonds. The summed E-state index contributed by atoms with van der Waals surface area (Å²) in [6.07, 6.45) is 2.84. The van der Waals surface area contributed by atoms with Crippen molar-refractivity contribution in [3.63, 3.8) is 0 Å².